The highest BCUT2D eigenvalue weighted by Gasteiger charge is 2.04. The number of para-hydroxylation sites is 1. The molecule has 0 saturated carbocycles. The summed E-state index contributed by atoms with van der Waals surface area (Å²) < 4.78 is 5.31. The molecule has 21 heavy (non-hydrogen) atoms. The summed E-state index contributed by atoms with van der Waals surface area (Å²) in [7, 11) is 1.67. The maximum atomic E-state index is 6.01. The second-order valence-electron chi connectivity index (χ2n) is 4.28. The Morgan fingerprint density at radius 3 is 2.86 bits per heavy atom. The van der Waals surface area contributed by atoms with Crippen molar-refractivity contribution in [3.05, 3.63) is 53.2 Å². The topological polar surface area (TPSA) is 46.2 Å². The van der Waals surface area contributed by atoms with E-state index in [1.165, 1.54) is 0 Å². The third kappa shape index (κ3) is 4.58. The van der Waals surface area contributed by atoms with E-state index in [0.717, 1.165) is 17.7 Å². The smallest absolute Gasteiger partial charge is 0.171 e. The van der Waals surface area contributed by atoms with Crippen molar-refractivity contribution in [3.8, 4) is 5.75 Å². The summed E-state index contributed by atoms with van der Waals surface area (Å²) in [5.41, 5.74) is 1.13. The van der Waals surface area contributed by atoms with Gasteiger partial charge in [-0.25, -0.2) is 4.98 Å². The summed E-state index contributed by atoms with van der Waals surface area (Å²) >= 11 is 11.2. The lowest BCUT2D eigenvalue weighted by Gasteiger charge is -2.12. The molecule has 4 nitrogen and oxygen atoms in total. The first-order valence-corrected chi connectivity index (χ1v) is 7.26. The molecule has 1 aromatic heterocycles. The van der Waals surface area contributed by atoms with Crippen LogP contribution < -0.4 is 15.4 Å². The zero-order valence-corrected chi connectivity index (χ0v) is 13.2. The van der Waals surface area contributed by atoms with Gasteiger partial charge in [0.15, 0.2) is 10.9 Å². The van der Waals surface area contributed by atoms with E-state index >= 15 is 0 Å². The van der Waals surface area contributed by atoms with Gasteiger partial charge in [0, 0.05) is 12.7 Å². The largest absolute Gasteiger partial charge is 0.496 e. The lowest BCUT2D eigenvalue weighted by molar-refractivity contribution is 0.409. The number of benzene rings is 1. The molecule has 0 aliphatic heterocycles. The molecule has 0 bridgehead atoms. The van der Waals surface area contributed by atoms with Crippen LogP contribution in [0.25, 0.3) is 0 Å². The lowest BCUT2D eigenvalue weighted by Crippen LogP contribution is -2.30. The van der Waals surface area contributed by atoms with E-state index in [1.54, 1.807) is 25.4 Å². The SMILES string of the molecule is COc1ccccc1CCNC(=S)Nc1ncccc1Cl. The fourth-order valence-electron chi connectivity index (χ4n) is 1.85. The number of thiocarbonyl (C=S) groups is 1. The van der Waals surface area contributed by atoms with Gasteiger partial charge in [-0.3, -0.25) is 0 Å². The Morgan fingerprint density at radius 2 is 2.10 bits per heavy atom. The maximum absolute atomic E-state index is 6.01. The van der Waals surface area contributed by atoms with Crippen LogP contribution in [0, 0.1) is 0 Å². The Kier molecular flexibility index (Phi) is 5.78. The van der Waals surface area contributed by atoms with Crippen molar-refractivity contribution in [1.29, 1.82) is 0 Å². The molecule has 0 atom stereocenters. The first-order chi connectivity index (χ1) is 10.2. The minimum Gasteiger partial charge on any atom is -0.496 e. The summed E-state index contributed by atoms with van der Waals surface area (Å²) in [4.78, 5) is 4.12. The summed E-state index contributed by atoms with van der Waals surface area (Å²) in [5, 5.41) is 7.12. The zero-order chi connectivity index (χ0) is 15.1. The molecule has 0 fully saturated rings. The van der Waals surface area contributed by atoms with Crippen LogP contribution >= 0.6 is 23.8 Å². The number of anilines is 1. The summed E-state index contributed by atoms with van der Waals surface area (Å²) in [6.07, 6.45) is 2.47. The van der Waals surface area contributed by atoms with Gasteiger partial charge in [0.05, 0.1) is 12.1 Å². The molecule has 2 N–H and O–H groups in total. The average Bonchev–Trinajstić information content (AvgIpc) is 2.50. The van der Waals surface area contributed by atoms with E-state index in [0.29, 0.717) is 22.5 Å². The number of hydrogen-bond donors (Lipinski definition) is 2. The van der Waals surface area contributed by atoms with Gasteiger partial charge < -0.3 is 15.4 Å². The van der Waals surface area contributed by atoms with Crippen LogP contribution in [0.5, 0.6) is 5.75 Å². The van der Waals surface area contributed by atoms with Crippen molar-refractivity contribution < 1.29 is 4.74 Å². The molecule has 0 amide bonds. The van der Waals surface area contributed by atoms with E-state index in [-0.39, 0.29) is 0 Å². The second-order valence-corrected chi connectivity index (χ2v) is 5.09. The van der Waals surface area contributed by atoms with Gasteiger partial charge in [-0.1, -0.05) is 29.8 Å². The number of rotatable bonds is 5. The molecule has 2 rings (SSSR count). The van der Waals surface area contributed by atoms with Gasteiger partial charge in [-0.2, -0.15) is 0 Å². The number of aromatic nitrogens is 1. The second kappa shape index (κ2) is 7.81. The van der Waals surface area contributed by atoms with E-state index < -0.39 is 0 Å². The highest BCUT2D eigenvalue weighted by atomic mass is 35.5. The molecule has 0 aliphatic rings. The number of halogens is 1. The van der Waals surface area contributed by atoms with Crippen molar-refractivity contribution in [2.24, 2.45) is 0 Å². The molecule has 0 saturated heterocycles. The third-order valence-corrected chi connectivity index (χ3v) is 3.41. The highest BCUT2D eigenvalue weighted by molar-refractivity contribution is 7.80. The first-order valence-electron chi connectivity index (χ1n) is 6.48. The summed E-state index contributed by atoms with van der Waals surface area (Å²) in [6, 6.07) is 11.4. The molecule has 110 valence electrons. The predicted molar refractivity (Wildman–Crippen MR) is 90.2 cm³/mol. The number of pyridine rings is 1. The molecule has 1 heterocycles. The van der Waals surface area contributed by atoms with Gasteiger partial charge >= 0.3 is 0 Å². The maximum Gasteiger partial charge on any atom is 0.171 e. The van der Waals surface area contributed by atoms with E-state index in [2.05, 4.69) is 15.6 Å². The van der Waals surface area contributed by atoms with Gasteiger partial charge in [-0.05, 0) is 42.4 Å². The number of nitrogens with zero attached hydrogens (tertiary/aromatic N) is 1. The van der Waals surface area contributed by atoms with Crippen LogP contribution in [-0.4, -0.2) is 23.8 Å². The van der Waals surface area contributed by atoms with E-state index in [9.17, 15) is 0 Å². The molecule has 0 unspecified atom stereocenters. The molecule has 0 radical (unpaired) electrons. The van der Waals surface area contributed by atoms with Gasteiger partial charge in [0.25, 0.3) is 0 Å². The van der Waals surface area contributed by atoms with Crippen molar-refractivity contribution in [2.75, 3.05) is 19.0 Å². The standard InChI is InChI=1S/C15H16ClN3OS/c1-20-13-7-3-2-5-11(13)8-10-18-15(21)19-14-12(16)6-4-9-17-14/h2-7,9H,8,10H2,1H3,(H2,17,18,19,21). The average molecular weight is 322 g/mol. The molecule has 2 aromatic rings. The summed E-state index contributed by atoms with van der Waals surface area (Å²) in [5.74, 6) is 1.43. The number of nitrogens with one attached hydrogen (secondary N) is 2. The van der Waals surface area contributed by atoms with Gasteiger partial charge in [-0.15, -0.1) is 0 Å². The number of hydrogen-bond acceptors (Lipinski definition) is 3. The Morgan fingerprint density at radius 1 is 1.29 bits per heavy atom. The van der Waals surface area contributed by atoms with Crippen molar-refractivity contribution in [2.45, 2.75) is 6.42 Å². The fourth-order valence-corrected chi connectivity index (χ4v) is 2.22. The molecular formula is C15H16ClN3OS. The van der Waals surface area contributed by atoms with Crippen molar-refractivity contribution >= 4 is 34.7 Å². The number of methoxy groups -OCH3 is 1. The Balaban J connectivity index is 1.83. The Bertz CT molecular complexity index is 621. The normalized spacial score (nSPS) is 10.0. The van der Waals surface area contributed by atoms with Gasteiger partial charge in [0.1, 0.15) is 5.75 Å². The van der Waals surface area contributed by atoms with Crippen LogP contribution in [0.3, 0.4) is 0 Å². The molecule has 0 spiro atoms. The zero-order valence-electron chi connectivity index (χ0n) is 11.6. The molecule has 6 heteroatoms. The third-order valence-electron chi connectivity index (χ3n) is 2.86. The minimum absolute atomic E-state index is 0.491. The van der Waals surface area contributed by atoms with Crippen molar-refractivity contribution in [1.82, 2.24) is 10.3 Å². The van der Waals surface area contributed by atoms with E-state index in [4.69, 9.17) is 28.6 Å². The quantitative estimate of drug-likeness (QED) is 0.828. The van der Waals surface area contributed by atoms with Crippen LogP contribution in [-0.2, 0) is 6.42 Å². The van der Waals surface area contributed by atoms with Crippen molar-refractivity contribution in [3.63, 3.8) is 0 Å². The fraction of sp³-hybridized carbons (Fsp3) is 0.200. The Hall–Kier alpha value is -1.85. The van der Waals surface area contributed by atoms with Crippen LogP contribution in [0.1, 0.15) is 5.56 Å². The van der Waals surface area contributed by atoms with E-state index in [1.807, 2.05) is 24.3 Å². The first kappa shape index (κ1) is 15.5. The van der Waals surface area contributed by atoms with Crippen LogP contribution in [0.2, 0.25) is 5.02 Å². The monoisotopic (exact) mass is 321 g/mol. The highest BCUT2D eigenvalue weighted by Crippen LogP contribution is 2.18. The number of ether oxygens (including phenoxy) is 1. The van der Waals surface area contributed by atoms with Gasteiger partial charge in [0.2, 0.25) is 0 Å². The molecule has 0 aliphatic carbocycles. The minimum atomic E-state index is 0.491. The Labute approximate surface area is 134 Å². The molecular weight excluding hydrogens is 306 g/mol. The summed E-state index contributed by atoms with van der Waals surface area (Å²) in [6.45, 7) is 0.691. The lowest BCUT2D eigenvalue weighted by atomic mass is 10.1. The molecule has 1 aromatic carbocycles. The van der Waals surface area contributed by atoms with Crippen LogP contribution in [0.15, 0.2) is 42.6 Å². The predicted octanol–water partition coefficient (Wildman–Crippen LogP) is 3.27. The van der Waals surface area contributed by atoms with Crippen LogP contribution in [0.4, 0.5) is 5.82 Å².